The molecule has 0 amide bonds. The van der Waals surface area contributed by atoms with Gasteiger partial charge in [0.25, 0.3) is 0 Å². The van der Waals surface area contributed by atoms with E-state index >= 15 is 0 Å². The highest BCUT2D eigenvalue weighted by Crippen LogP contribution is 2.16. The maximum absolute atomic E-state index is 9.81. The molecule has 0 radical (unpaired) electrons. The van der Waals surface area contributed by atoms with Gasteiger partial charge in [-0.05, 0) is 32.7 Å². The van der Waals surface area contributed by atoms with Crippen molar-refractivity contribution in [3.63, 3.8) is 0 Å². The van der Waals surface area contributed by atoms with Crippen molar-refractivity contribution in [3.05, 3.63) is 0 Å². The van der Waals surface area contributed by atoms with Gasteiger partial charge in [0.2, 0.25) is 0 Å². The summed E-state index contributed by atoms with van der Waals surface area (Å²) < 4.78 is 5.28. The summed E-state index contributed by atoms with van der Waals surface area (Å²) in [7, 11) is 0. The summed E-state index contributed by atoms with van der Waals surface area (Å²) in [6, 6.07) is 0. The normalized spacial score (nSPS) is 23.4. The van der Waals surface area contributed by atoms with Crippen molar-refractivity contribution < 1.29 is 9.84 Å². The van der Waals surface area contributed by atoms with Gasteiger partial charge in [0.1, 0.15) is 0 Å². The van der Waals surface area contributed by atoms with E-state index in [9.17, 15) is 5.11 Å². The highest BCUT2D eigenvalue weighted by atomic mass is 16.5. The Morgan fingerprint density at radius 2 is 2.00 bits per heavy atom. The molecule has 1 aliphatic heterocycles. The van der Waals surface area contributed by atoms with Gasteiger partial charge in [-0.2, -0.15) is 0 Å². The summed E-state index contributed by atoms with van der Waals surface area (Å²) in [6.07, 6.45) is 2.83. The molecule has 3 heteroatoms. The highest BCUT2D eigenvalue weighted by Gasteiger charge is 2.17. The van der Waals surface area contributed by atoms with Crippen LogP contribution in [0.25, 0.3) is 0 Å². The van der Waals surface area contributed by atoms with Crippen LogP contribution in [0, 0.1) is 0 Å². The summed E-state index contributed by atoms with van der Waals surface area (Å²) in [5.41, 5.74) is -0.466. The summed E-state index contributed by atoms with van der Waals surface area (Å²) in [5, 5.41) is 9.81. The number of aliphatic hydroxyl groups is 1. The Bertz CT molecular complexity index is 153. The van der Waals surface area contributed by atoms with E-state index in [-0.39, 0.29) is 0 Å². The zero-order valence-corrected chi connectivity index (χ0v) is 9.46. The van der Waals surface area contributed by atoms with E-state index in [1.807, 2.05) is 13.8 Å². The minimum atomic E-state index is -0.466. The Morgan fingerprint density at radius 1 is 1.36 bits per heavy atom. The smallest absolute Gasteiger partial charge is 0.0617 e. The molecule has 84 valence electrons. The first-order valence-corrected chi connectivity index (χ1v) is 5.66. The molecule has 0 saturated carbocycles. The molecule has 1 rings (SSSR count). The SMILES string of the molecule is CCC(C)(O)CCCN1CCOCC1. The molecule has 1 atom stereocenters. The number of hydrogen-bond donors (Lipinski definition) is 1. The third-order valence-electron chi connectivity index (χ3n) is 3.06. The van der Waals surface area contributed by atoms with E-state index in [0.717, 1.165) is 52.1 Å². The van der Waals surface area contributed by atoms with Crippen molar-refractivity contribution in [2.75, 3.05) is 32.8 Å². The second kappa shape index (κ2) is 5.69. The molecular formula is C11H23NO2. The molecular weight excluding hydrogens is 178 g/mol. The van der Waals surface area contributed by atoms with Gasteiger partial charge < -0.3 is 9.84 Å². The van der Waals surface area contributed by atoms with Gasteiger partial charge in [0, 0.05) is 13.1 Å². The van der Waals surface area contributed by atoms with Crippen molar-refractivity contribution in [1.82, 2.24) is 4.90 Å². The van der Waals surface area contributed by atoms with Gasteiger partial charge in [-0.25, -0.2) is 0 Å². The molecule has 0 aliphatic carbocycles. The maximum atomic E-state index is 9.81. The molecule has 0 bridgehead atoms. The lowest BCUT2D eigenvalue weighted by Gasteiger charge is -2.28. The van der Waals surface area contributed by atoms with Crippen LogP contribution in [0.3, 0.4) is 0 Å². The summed E-state index contributed by atoms with van der Waals surface area (Å²) in [4.78, 5) is 2.41. The minimum absolute atomic E-state index is 0.466. The lowest BCUT2D eigenvalue weighted by Crippen LogP contribution is -2.37. The van der Waals surface area contributed by atoms with Crippen LogP contribution in [0.1, 0.15) is 33.1 Å². The number of morpholine rings is 1. The van der Waals surface area contributed by atoms with Crippen molar-refractivity contribution >= 4 is 0 Å². The van der Waals surface area contributed by atoms with Gasteiger partial charge >= 0.3 is 0 Å². The topological polar surface area (TPSA) is 32.7 Å². The Balaban J connectivity index is 2.08. The molecule has 14 heavy (non-hydrogen) atoms. The third kappa shape index (κ3) is 4.40. The minimum Gasteiger partial charge on any atom is -0.390 e. The maximum Gasteiger partial charge on any atom is 0.0617 e. The molecule has 0 aromatic carbocycles. The molecule has 1 unspecified atom stereocenters. The monoisotopic (exact) mass is 201 g/mol. The number of hydrogen-bond acceptors (Lipinski definition) is 3. The molecule has 1 aliphatic rings. The quantitative estimate of drug-likeness (QED) is 0.727. The van der Waals surface area contributed by atoms with Crippen LogP contribution in [0.5, 0.6) is 0 Å². The van der Waals surface area contributed by atoms with E-state index in [0.29, 0.717) is 0 Å². The van der Waals surface area contributed by atoms with Crippen LogP contribution < -0.4 is 0 Å². The van der Waals surface area contributed by atoms with Crippen LogP contribution >= 0.6 is 0 Å². The van der Waals surface area contributed by atoms with E-state index in [2.05, 4.69) is 4.90 Å². The standard InChI is InChI=1S/C11H23NO2/c1-3-11(2,13)5-4-6-12-7-9-14-10-8-12/h13H,3-10H2,1-2H3. The largest absolute Gasteiger partial charge is 0.390 e. The molecule has 3 nitrogen and oxygen atoms in total. The summed E-state index contributed by atoms with van der Waals surface area (Å²) >= 11 is 0. The van der Waals surface area contributed by atoms with Crippen molar-refractivity contribution in [3.8, 4) is 0 Å². The number of rotatable bonds is 5. The van der Waals surface area contributed by atoms with Gasteiger partial charge in [0.05, 0.1) is 18.8 Å². The Morgan fingerprint density at radius 3 is 2.57 bits per heavy atom. The zero-order chi connectivity index (χ0) is 10.4. The lowest BCUT2D eigenvalue weighted by atomic mass is 9.97. The molecule has 1 N–H and O–H groups in total. The van der Waals surface area contributed by atoms with Gasteiger partial charge in [-0.15, -0.1) is 0 Å². The third-order valence-corrected chi connectivity index (χ3v) is 3.06. The molecule has 1 saturated heterocycles. The predicted octanol–water partition coefficient (Wildman–Crippen LogP) is 1.26. The second-order valence-electron chi connectivity index (χ2n) is 4.41. The number of ether oxygens (including phenoxy) is 1. The van der Waals surface area contributed by atoms with Crippen molar-refractivity contribution in [2.24, 2.45) is 0 Å². The van der Waals surface area contributed by atoms with Crippen LogP contribution in [0.15, 0.2) is 0 Å². The Kier molecular flexibility index (Phi) is 4.85. The highest BCUT2D eigenvalue weighted by molar-refractivity contribution is 4.71. The molecule has 0 aromatic rings. The summed E-state index contributed by atoms with van der Waals surface area (Å²) in [5.74, 6) is 0. The predicted molar refractivity (Wildman–Crippen MR) is 57.4 cm³/mol. The molecule has 0 spiro atoms. The first-order chi connectivity index (χ1) is 6.64. The fourth-order valence-electron chi connectivity index (χ4n) is 1.69. The van der Waals surface area contributed by atoms with Crippen molar-refractivity contribution in [2.45, 2.75) is 38.7 Å². The molecule has 1 heterocycles. The van der Waals surface area contributed by atoms with E-state index in [1.165, 1.54) is 0 Å². The van der Waals surface area contributed by atoms with Gasteiger partial charge in [-0.1, -0.05) is 6.92 Å². The van der Waals surface area contributed by atoms with Crippen LogP contribution in [0.2, 0.25) is 0 Å². The van der Waals surface area contributed by atoms with E-state index < -0.39 is 5.60 Å². The fraction of sp³-hybridized carbons (Fsp3) is 1.00. The number of nitrogens with zero attached hydrogens (tertiary/aromatic N) is 1. The van der Waals surface area contributed by atoms with Crippen molar-refractivity contribution in [1.29, 1.82) is 0 Å². The van der Waals surface area contributed by atoms with Gasteiger partial charge in [0.15, 0.2) is 0 Å². The fourth-order valence-corrected chi connectivity index (χ4v) is 1.69. The first-order valence-electron chi connectivity index (χ1n) is 5.66. The van der Waals surface area contributed by atoms with E-state index in [1.54, 1.807) is 0 Å². The first kappa shape index (κ1) is 12.0. The summed E-state index contributed by atoms with van der Waals surface area (Å²) in [6.45, 7) is 8.89. The second-order valence-corrected chi connectivity index (χ2v) is 4.41. The average molecular weight is 201 g/mol. The van der Waals surface area contributed by atoms with E-state index in [4.69, 9.17) is 4.74 Å². The van der Waals surface area contributed by atoms with Crippen LogP contribution in [0.4, 0.5) is 0 Å². The van der Waals surface area contributed by atoms with Gasteiger partial charge in [-0.3, -0.25) is 4.90 Å². The Labute approximate surface area is 87.1 Å². The zero-order valence-electron chi connectivity index (χ0n) is 9.46. The molecule has 1 fully saturated rings. The van der Waals surface area contributed by atoms with Crippen LogP contribution in [-0.2, 0) is 4.74 Å². The lowest BCUT2D eigenvalue weighted by molar-refractivity contribution is 0.0224. The Hall–Kier alpha value is -0.120. The molecule has 0 aromatic heterocycles. The van der Waals surface area contributed by atoms with Crippen LogP contribution in [-0.4, -0.2) is 48.5 Å². The average Bonchev–Trinajstić information content (AvgIpc) is 2.19.